The van der Waals surface area contributed by atoms with Crippen molar-refractivity contribution in [2.75, 3.05) is 5.73 Å². The van der Waals surface area contributed by atoms with Crippen LogP contribution in [0.1, 0.15) is 16.2 Å². The molecular formula is C20H14BrF3N4O2. The van der Waals surface area contributed by atoms with Crippen molar-refractivity contribution in [3.8, 4) is 11.3 Å². The molecule has 2 aromatic heterocycles. The molecule has 6 nitrogen and oxygen atoms in total. The zero-order valence-electron chi connectivity index (χ0n) is 15.1. The highest BCUT2D eigenvalue weighted by Gasteiger charge is 2.35. The lowest BCUT2D eigenvalue weighted by Gasteiger charge is -2.10. The summed E-state index contributed by atoms with van der Waals surface area (Å²) in [6.45, 7) is 0. The van der Waals surface area contributed by atoms with Crippen molar-refractivity contribution in [3.63, 3.8) is 0 Å². The lowest BCUT2D eigenvalue weighted by Crippen LogP contribution is -2.14. The van der Waals surface area contributed by atoms with Gasteiger partial charge in [0.2, 0.25) is 0 Å². The van der Waals surface area contributed by atoms with Gasteiger partial charge in [-0.1, -0.05) is 42.5 Å². The van der Waals surface area contributed by atoms with Crippen molar-refractivity contribution >= 4 is 33.2 Å². The molecule has 2 heterocycles. The van der Waals surface area contributed by atoms with Crippen molar-refractivity contribution in [1.82, 2.24) is 14.6 Å². The van der Waals surface area contributed by atoms with Crippen LogP contribution in [-0.2, 0) is 6.18 Å². The summed E-state index contributed by atoms with van der Waals surface area (Å²) in [5, 5.41) is 12.3. The number of hydrogen-bond acceptors (Lipinski definition) is 4. The van der Waals surface area contributed by atoms with Crippen LogP contribution in [0.4, 0.5) is 18.9 Å². The first kappa shape index (κ1) is 21.3. The Morgan fingerprint density at radius 1 is 1.03 bits per heavy atom. The third kappa shape index (κ3) is 4.77. The molecule has 0 aliphatic rings. The molecule has 0 spiro atoms. The number of aromatic nitrogens is 3. The first-order valence-electron chi connectivity index (χ1n) is 8.43. The highest BCUT2D eigenvalue weighted by Crippen LogP contribution is 2.32. The number of halogens is 4. The van der Waals surface area contributed by atoms with E-state index < -0.39 is 23.5 Å². The van der Waals surface area contributed by atoms with Crippen LogP contribution in [-0.4, -0.2) is 25.7 Å². The molecule has 30 heavy (non-hydrogen) atoms. The number of anilines is 1. The maximum Gasteiger partial charge on any atom is 0.433 e. The lowest BCUT2D eigenvalue weighted by molar-refractivity contribution is -0.142. The molecule has 0 fully saturated rings. The number of nitrogens with two attached hydrogens (primary N) is 1. The molecule has 0 atom stereocenters. The molecule has 3 N–H and O–H groups in total. The van der Waals surface area contributed by atoms with Crippen LogP contribution in [0.15, 0.2) is 71.2 Å². The van der Waals surface area contributed by atoms with E-state index >= 15 is 0 Å². The molecule has 0 saturated heterocycles. The van der Waals surface area contributed by atoms with Gasteiger partial charge in [-0.25, -0.2) is 14.3 Å². The van der Waals surface area contributed by atoms with Crippen LogP contribution in [0.5, 0.6) is 0 Å². The third-order valence-corrected chi connectivity index (χ3v) is 4.63. The largest absolute Gasteiger partial charge is 0.476 e. The van der Waals surface area contributed by atoms with Gasteiger partial charge in [0.05, 0.1) is 5.69 Å². The van der Waals surface area contributed by atoms with E-state index in [4.69, 9.17) is 10.8 Å². The van der Waals surface area contributed by atoms with E-state index in [1.165, 1.54) is 0 Å². The fourth-order valence-corrected chi connectivity index (χ4v) is 2.80. The Morgan fingerprint density at radius 3 is 2.20 bits per heavy atom. The second-order valence-corrected chi connectivity index (χ2v) is 6.87. The quantitative estimate of drug-likeness (QED) is 0.388. The number of carboxylic acids is 1. The number of carbonyl (C=O) groups is 1. The number of nitrogen functional groups attached to an aromatic ring is 1. The normalized spacial score (nSPS) is 11.1. The Kier molecular flexibility index (Phi) is 6.06. The molecule has 0 radical (unpaired) electrons. The number of nitrogens with zero attached hydrogens (tertiary/aromatic N) is 3. The van der Waals surface area contributed by atoms with Crippen LogP contribution in [0.3, 0.4) is 0 Å². The summed E-state index contributed by atoms with van der Waals surface area (Å²) in [7, 11) is 0. The van der Waals surface area contributed by atoms with E-state index in [2.05, 4.69) is 26.0 Å². The van der Waals surface area contributed by atoms with E-state index in [-0.39, 0.29) is 11.3 Å². The smallest absolute Gasteiger partial charge is 0.433 e. The van der Waals surface area contributed by atoms with Gasteiger partial charge in [-0.05, 0) is 34.1 Å². The number of aromatic carboxylic acids is 1. The molecule has 4 rings (SSSR count). The summed E-state index contributed by atoms with van der Waals surface area (Å²) in [4.78, 5) is 15.0. The Hall–Kier alpha value is -3.40. The van der Waals surface area contributed by atoms with Crippen molar-refractivity contribution in [3.05, 3.63) is 82.6 Å². The average Bonchev–Trinajstić information content (AvgIpc) is 3.14. The van der Waals surface area contributed by atoms with Gasteiger partial charge in [-0.15, -0.1) is 0 Å². The van der Waals surface area contributed by atoms with Crippen LogP contribution < -0.4 is 5.73 Å². The van der Waals surface area contributed by atoms with Crippen molar-refractivity contribution in [1.29, 1.82) is 0 Å². The van der Waals surface area contributed by atoms with Gasteiger partial charge in [-0.3, -0.25) is 0 Å². The van der Waals surface area contributed by atoms with Gasteiger partial charge in [0.25, 0.3) is 0 Å². The molecule has 0 bridgehead atoms. The van der Waals surface area contributed by atoms with Gasteiger partial charge in [0.1, 0.15) is 0 Å². The Bertz CT molecular complexity index is 1170. The van der Waals surface area contributed by atoms with E-state index in [1.54, 1.807) is 30.3 Å². The summed E-state index contributed by atoms with van der Waals surface area (Å²) in [6, 6.07) is 17.8. The minimum atomic E-state index is -4.69. The highest BCUT2D eigenvalue weighted by molar-refractivity contribution is 9.10. The van der Waals surface area contributed by atoms with Crippen molar-refractivity contribution in [2.45, 2.75) is 6.18 Å². The Labute approximate surface area is 176 Å². The van der Waals surface area contributed by atoms with Crippen LogP contribution >= 0.6 is 15.9 Å². The lowest BCUT2D eigenvalue weighted by atomic mass is 10.1. The maximum absolute atomic E-state index is 13.2. The number of fused-ring (bicyclic) bond motifs is 1. The maximum atomic E-state index is 13.2. The van der Waals surface area contributed by atoms with Gasteiger partial charge < -0.3 is 10.8 Å². The van der Waals surface area contributed by atoms with E-state index in [0.29, 0.717) is 10.1 Å². The molecule has 10 heteroatoms. The predicted molar refractivity (Wildman–Crippen MR) is 109 cm³/mol. The van der Waals surface area contributed by atoms with Crippen LogP contribution in [0.25, 0.3) is 16.9 Å². The zero-order chi connectivity index (χ0) is 21.9. The summed E-state index contributed by atoms with van der Waals surface area (Å²) < 4.78 is 41.0. The van der Waals surface area contributed by atoms with Gasteiger partial charge in [0.15, 0.2) is 17.0 Å². The number of para-hydroxylation sites is 1. The van der Waals surface area contributed by atoms with Crippen LogP contribution in [0, 0.1) is 0 Å². The molecule has 0 unspecified atom stereocenters. The number of benzene rings is 2. The predicted octanol–water partition coefficient (Wildman–Crippen LogP) is 5.14. The van der Waals surface area contributed by atoms with Crippen molar-refractivity contribution < 1.29 is 23.1 Å². The molecule has 0 aliphatic heterocycles. The number of hydrogen-bond donors (Lipinski definition) is 2. The minimum absolute atomic E-state index is 0.0947. The summed E-state index contributed by atoms with van der Waals surface area (Å²) in [5.41, 5.74) is 5.09. The summed E-state index contributed by atoms with van der Waals surface area (Å²) >= 11 is 3.27. The Morgan fingerprint density at radius 2 is 1.67 bits per heavy atom. The third-order valence-electron chi connectivity index (χ3n) is 3.91. The Balaban J connectivity index is 0.000000269. The van der Waals surface area contributed by atoms with Gasteiger partial charge in [-0.2, -0.15) is 18.3 Å². The highest BCUT2D eigenvalue weighted by atomic mass is 79.9. The standard InChI is InChI=1S/C14H8F3N3O2.C6H6BrN/c15-14(16,17)11-6-9(8-4-2-1-3-5-8)18-12-7-10(13(21)22)19-20(11)12;7-5-3-1-2-4-6(5)8/h1-7H,(H,21,22);1-4H,8H2. The topological polar surface area (TPSA) is 93.5 Å². The number of rotatable bonds is 2. The summed E-state index contributed by atoms with van der Waals surface area (Å²) in [5.74, 6) is -1.42. The second kappa shape index (κ2) is 8.54. The molecule has 0 aliphatic carbocycles. The second-order valence-electron chi connectivity index (χ2n) is 6.02. The van der Waals surface area contributed by atoms with Crippen LogP contribution in [0.2, 0.25) is 0 Å². The van der Waals surface area contributed by atoms with E-state index in [1.807, 2.05) is 24.3 Å². The van der Waals surface area contributed by atoms with E-state index in [9.17, 15) is 18.0 Å². The number of carboxylic acid groups (broad SMARTS) is 1. The molecule has 4 aromatic rings. The molecule has 0 saturated carbocycles. The molecule has 154 valence electrons. The average molecular weight is 479 g/mol. The molecular weight excluding hydrogens is 465 g/mol. The van der Waals surface area contributed by atoms with Gasteiger partial charge >= 0.3 is 12.1 Å². The first-order chi connectivity index (χ1) is 14.2. The SMILES string of the molecule is Nc1ccccc1Br.O=C(O)c1cc2nc(-c3ccccc3)cc(C(F)(F)F)n2n1. The zero-order valence-corrected chi connectivity index (χ0v) is 16.7. The summed E-state index contributed by atoms with van der Waals surface area (Å²) in [6.07, 6.45) is -4.69. The van der Waals surface area contributed by atoms with Gasteiger partial charge in [0, 0.05) is 21.8 Å². The van der Waals surface area contributed by atoms with E-state index in [0.717, 1.165) is 22.3 Å². The van der Waals surface area contributed by atoms with Crippen molar-refractivity contribution in [2.24, 2.45) is 0 Å². The first-order valence-corrected chi connectivity index (χ1v) is 9.23. The molecule has 0 amide bonds. The molecule has 2 aromatic carbocycles. The fourth-order valence-electron chi connectivity index (χ4n) is 2.51. The monoisotopic (exact) mass is 478 g/mol. The fraction of sp³-hybridized carbons (Fsp3) is 0.0500. The minimum Gasteiger partial charge on any atom is -0.476 e. The number of alkyl halides is 3.